The molecular weight excluding hydrogens is 208 g/mol. The zero-order valence-corrected chi connectivity index (χ0v) is 10.9. The lowest BCUT2D eigenvalue weighted by Gasteiger charge is -2.38. The summed E-state index contributed by atoms with van der Waals surface area (Å²) in [7, 11) is 0. The number of rotatable bonds is 3. The van der Waals surface area contributed by atoms with Gasteiger partial charge in [-0.2, -0.15) is 0 Å². The fraction of sp³-hybridized carbons (Fsp3) is 0.500. The molecule has 0 atom stereocenters. The Morgan fingerprint density at radius 2 is 1.82 bits per heavy atom. The number of ether oxygens (including phenoxy) is 1. The van der Waals surface area contributed by atoms with Crippen LogP contribution in [0.1, 0.15) is 39.5 Å². The highest BCUT2D eigenvalue weighted by Gasteiger charge is 2.32. The van der Waals surface area contributed by atoms with Crippen molar-refractivity contribution in [3.8, 4) is 5.75 Å². The lowest BCUT2D eigenvalue weighted by atomic mass is 9.77. The number of para-hydroxylation sites is 1. The van der Waals surface area contributed by atoms with E-state index in [4.69, 9.17) is 4.74 Å². The van der Waals surface area contributed by atoms with E-state index in [0.717, 1.165) is 18.6 Å². The Labute approximate surface area is 104 Å². The van der Waals surface area contributed by atoms with E-state index in [9.17, 15) is 0 Å². The quantitative estimate of drug-likeness (QED) is 0.690. The highest BCUT2D eigenvalue weighted by Crippen LogP contribution is 2.37. The molecule has 1 aromatic rings. The summed E-state index contributed by atoms with van der Waals surface area (Å²) in [4.78, 5) is 0. The first kappa shape index (κ1) is 12.2. The van der Waals surface area contributed by atoms with Gasteiger partial charge in [0, 0.05) is 0 Å². The molecule has 1 aliphatic rings. The lowest BCUT2D eigenvalue weighted by Crippen LogP contribution is -2.37. The third kappa shape index (κ3) is 3.12. The van der Waals surface area contributed by atoms with Crippen LogP contribution < -0.4 is 4.74 Å². The molecule has 0 unspecified atom stereocenters. The minimum Gasteiger partial charge on any atom is -0.488 e. The standard InChI is InChI=1S/C16H22O/c1-13(2)14-9-11-16(3,12-10-14)17-15-7-5-4-6-8-15/h4-8,14H,1,9-12H2,2-3H3. The van der Waals surface area contributed by atoms with E-state index < -0.39 is 0 Å². The highest BCUT2D eigenvalue weighted by molar-refractivity contribution is 5.22. The predicted octanol–water partition coefficient (Wildman–Crippen LogP) is 4.59. The number of hydrogen-bond donors (Lipinski definition) is 0. The van der Waals surface area contributed by atoms with Crippen LogP contribution in [0.2, 0.25) is 0 Å². The Kier molecular flexibility index (Phi) is 3.56. The molecule has 0 saturated heterocycles. The molecule has 1 heteroatoms. The first-order valence-corrected chi connectivity index (χ1v) is 6.48. The molecule has 0 amide bonds. The third-order valence-electron chi connectivity index (χ3n) is 3.85. The van der Waals surface area contributed by atoms with Crippen LogP contribution in [0.15, 0.2) is 42.5 Å². The molecule has 1 fully saturated rings. The summed E-state index contributed by atoms with van der Waals surface area (Å²) < 4.78 is 6.14. The van der Waals surface area contributed by atoms with Gasteiger partial charge >= 0.3 is 0 Å². The molecule has 0 bridgehead atoms. The van der Waals surface area contributed by atoms with E-state index in [2.05, 4.69) is 20.4 Å². The Bertz CT molecular complexity index is 372. The van der Waals surface area contributed by atoms with Gasteiger partial charge in [-0.3, -0.25) is 0 Å². The highest BCUT2D eigenvalue weighted by atomic mass is 16.5. The van der Waals surface area contributed by atoms with Gasteiger partial charge < -0.3 is 4.74 Å². The largest absolute Gasteiger partial charge is 0.488 e. The van der Waals surface area contributed by atoms with Gasteiger partial charge in [0.05, 0.1) is 0 Å². The van der Waals surface area contributed by atoms with Crippen molar-refractivity contribution in [2.75, 3.05) is 0 Å². The second-order valence-electron chi connectivity index (χ2n) is 5.49. The van der Waals surface area contributed by atoms with Gasteiger partial charge in [0.15, 0.2) is 0 Å². The molecule has 0 N–H and O–H groups in total. The molecule has 2 rings (SSSR count). The first-order valence-electron chi connectivity index (χ1n) is 6.48. The average Bonchev–Trinajstić information content (AvgIpc) is 2.30. The maximum absolute atomic E-state index is 6.14. The normalized spacial score (nSPS) is 28.7. The zero-order chi connectivity index (χ0) is 12.3. The van der Waals surface area contributed by atoms with E-state index in [1.54, 1.807) is 0 Å². The predicted molar refractivity (Wildman–Crippen MR) is 72.2 cm³/mol. The molecule has 17 heavy (non-hydrogen) atoms. The summed E-state index contributed by atoms with van der Waals surface area (Å²) in [6.07, 6.45) is 4.66. The maximum atomic E-state index is 6.14. The van der Waals surface area contributed by atoms with Crippen molar-refractivity contribution in [2.45, 2.75) is 45.1 Å². The second-order valence-corrected chi connectivity index (χ2v) is 5.49. The fourth-order valence-electron chi connectivity index (χ4n) is 2.60. The van der Waals surface area contributed by atoms with Crippen LogP contribution in [0.5, 0.6) is 5.75 Å². The van der Waals surface area contributed by atoms with Crippen molar-refractivity contribution in [3.05, 3.63) is 42.5 Å². The van der Waals surface area contributed by atoms with E-state index in [1.807, 2.05) is 30.3 Å². The van der Waals surface area contributed by atoms with Crippen molar-refractivity contribution >= 4 is 0 Å². The van der Waals surface area contributed by atoms with Crippen LogP contribution in [-0.4, -0.2) is 5.60 Å². The van der Waals surface area contributed by atoms with Crippen molar-refractivity contribution in [1.29, 1.82) is 0 Å². The summed E-state index contributed by atoms with van der Waals surface area (Å²) >= 11 is 0. The molecule has 0 aromatic heterocycles. The molecule has 1 saturated carbocycles. The second kappa shape index (κ2) is 4.95. The molecular formula is C16H22O. The fourth-order valence-corrected chi connectivity index (χ4v) is 2.60. The molecule has 0 aliphatic heterocycles. The molecule has 0 spiro atoms. The van der Waals surface area contributed by atoms with Gasteiger partial charge in [-0.05, 0) is 57.6 Å². The topological polar surface area (TPSA) is 9.23 Å². The molecule has 1 nitrogen and oxygen atoms in total. The molecule has 1 aliphatic carbocycles. The average molecular weight is 230 g/mol. The number of hydrogen-bond acceptors (Lipinski definition) is 1. The zero-order valence-electron chi connectivity index (χ0n) is 10.9. The monoisotopic (exact) mass is 230 g/mol. The van der Waals surface area contributed by atoms with Crippen molar-refractivity contribution in [1.82, 2.24) is 0 Å². The molecule has 92 valence electrons. The van der Waals surface area contributed by atoms with Gasteiger partial charge in [-0.15, -0.1) is 0 Å². The molecule has 0 radical (unpaired) electrons. The van der Waals surface area contributed by atoms with Crippen LogP contribution in [0, 0.1) is 5.92 Å². The number of benzene rings is 1. The van der Waals surface area contributed by atoms with Gasteiger partial charge in [-0.25, -0.2) is 0 Å². The van der Waals surface area contributed by atoms with E-state index in [1.165, 1.54) is 18.4 Å². The molecule has 0 heterocycles. The first-order chi connectivity index (χ1) is 8.09. The van der Waals surface area contributed by atoms with Gasteiger partial charge in [0.25, 0.3) is 0 Å². The summed E-state index contributed by atoms with van der Waals surface area (Å²) in [6.45, 7) is 8.44. The van der Waals surface area contributed by atoms with Crippen molar-refractivity contribution in [2.24, 2.45) is 5.92 Å². The van der Waals surface area contributed by atoms with Crippen LogP contribution in [0.3, 0.4) is 0 Å². The van der Waals surface area contributed by atoms with Gasteiger partial charge in [0.2, 0.25) is 0 Å². The summed E-state index contributed by atoms with van der Waals surface area (Å²) in [5.74, 6) is 1.69. The molecule has 1 aromatic carbocycles. The lowest BCUT2D eigenvalue weighted by molar-refractivity contribution is 0.0378. The SMILES string of the molecule is C=C(C)C1CCC(C)(Oc2ccccc2)CC1. The Balaban J connectivity index is 1.96. The van der Waals surface area contributed by atoms with Gasteiger partial charge in [0.1, 0.15) is 11.4 Å². The van der Waals surface area contributed by atoms with Crippen LogP contribution in [0.4, 0.5) is 0 Å². The van der Waals surface area contributed by atoms with E-state index >= 15 is 0 Å². The summed E-state index contributed by atoms with van der Waals surface area (Å²) in [5, 5.41) is 0. The van der Waals surface area contributed by atoms with Crippen molar-refractivity contribution in [3.63, 3.8) is 0 Å². The van der Waals surface area contributed by atoms with Gasteiger partial charge in [-0.1, -0.05) is 30.4 Å². The van der Waals surface area contributed by atoms with Crippen LogP contribution in [0.25, 0.3) is 0 Å². The van der Waals surface area contributed by atoms with E-state index in [0.29, 0.717) is 5.92 Å². The smallest absolute Gasteiger partial charge is 0.120 e. The number of allylic oxidation sites excluding steroid dienone is 1. The minimum absolute atomic E-state index is 0.00725. The third-order valence-corrected chi connectivity index (χ3v) is 3.85. The minimum atomic E-state index is 0.00725. The van der Waals surface area contributed by atoms with E-state index in [-0.39, 0.29) is 5.60 Å². The summed E-state index contributed by atoms with van der Waals surface area (Å²) in [5.41, 5.74) is 1.33. The maximum Gasteiger partial charge on any atom is 0.120 e. The Morgan fingerprint density at radius 3 is 2.35 bits per heavy atom. The van der Waals surface area contributed by atoms with Crippen LogP contribution >= 0.6 is 0 Å². The Hall–Kier alpha value is -1.24. The van der Waals surface area contributed by atoms with Crippen molar-refractivity contribution < 1.29 is 4.74 Å². The Morgan fingerprint density at radius 1 is 1.24 bits per heavy atom. The summed E-state index contributed by atoms with van der Waals surface area (Å²) in [6, 6.07) is 10.1. The van der Waals surface area contributed by atoms with Crippen LogP contribution in [-0.2, 0) is 0 Å².